The molecule has 0 spiro atoms. The number of amides is 1. The number of halogens is 1. The van der Waals surface area contributed by atoms with Gasteiger partial charge in [0.25, 0.3) is 0 Å². The normalized spacial score (nSPS) is 22.6. The molecule has 0 aromatic carbocycles. The van der Waals surface area contributed by atoms with E-state index >= 15 is 0 Å². The third-order valence-corrected chi connectivity index (χ3v) is 5.82. The lowest BCUT2D eigenvalue weighted by atomic mass is 9.85. The highest BCUT2D eigenvalue weighted by Crippen LogP contribution is 2.26. The highest BCUT2D eigenvalue weighted by Gasteiger charge is 2.31. The molecule has 170 valence electrons. The fourth-order valence-electron chi connectivity index (χ4n) is 4.18. The summed E-state index contributed by atoms with van der Waals surface area (Å²) in [5.41, 5.74) is 0. The Balaban J connectivity index is 0.00000420. The molecule has 0 aliphatic heterocycles. The van der Waals surface area contributed by atoms with Crippen LogP contribution >= 0.6 is 24.0 Å². The summed E-state index contributed by atoms with van der Waals surface area (Å²) in [5, 5.41) is 10.1. The molecule has 0 radical (unpaired) electrons. The Morgan fingerprint density at radius 1 is 1.03 bits per heavy atom. The van der Waals surface area contributed by atoms with Gasteiger partial charge in [-0.15, -0.1) is 24.0 Å². The lowest BCUT2D eigenvalue weighted by molar-refractivity contribution is -0.126. The van der Waals surface area contributed by atoms with Gasteiger partial charge >= 0.3 is 0 Å². The Morgan fingerprint density at radius 2 is 1.72 bits per heavy atom. The lowest BCUT2D eigenvalue weighted by Gasteiger charge is -2.31. The highest BCUT2D eigenvalue weighted by atomic mass is 127. The zero-order valence-electron chi connectivity index (χ0n) is 19.2. The minimum absolute atomic E-state index is 0. The molecule has 2 unspecified atom stereocenters. The van der Waals surface area contributed by atoms with Crippen molar-refractivity contribution in [1.82, 2.24) is 20.9 Å². The van der Waals surface area contributed by atoms with Gasteiger partial charge in [-0.05, 0) is 73.1 Å². The summed E-state index contributed by atoms with van der Waals surface area (Å²) in [5.74, 6) is 1.31. The van der Waals surface area contributed by atoms with Crippen LogP contribution in [-0.4, -0.2) is 60.6 Å². The van der Waals surface area contributed by atoms with Crippen LogP contribution in [0.5, 0.6) is 0 Å². The molecule has 6 nitrogen and oxygen atoms in total. The third kappa shape index (κ3) is 9.85. The van der Waals surface area contributed by atoms with Gasteiger partial charge in [0.1, 0.15) is 0 Å². The van der Waals surface area contributed by atoms with E-state index < -0.39 is 0 Å². The number of rotatable bonds is 10. The van der Waals surface area contributed by atoms with Gasteiger partial charge in [0, 0.05) is 49.7 Å². The van der Waals surface area contributed by atoms with Gasteiger partial charge in [0.15, 0.2) is 5.96 Å². The van der Waals surface area contributed by atoms with Crippen molar-refractivity contribution in [3.63, 3.8) is 0 Å². The van der Waals surface area contributed by atoms with Crippen molar-refractivity contribution in [3.8, 4) is 0 Å². The lowest BCUT2D eigenvalue weighted by Crippen LogP contribution is -2.47. The van der Waals surface area contributed by atoms with Crippen LogP contribution in [0.25, 0.3) is 0 Å². The molecule has 2 fully saturated rings. The van der Waals surface area contributed by atoms with Gasteiger partial charge in [-0.25, -0.2) is 0 Å². The first-order valence-electron chi connectivity index (χ1n) is 11.5. The van der Waals surface area contributed by atoms with E-state index in [1.165, 1.54) is 0 Å². The van der Waals surface area contributed by atoms with E-state index in [-0.39, 0.29) is 35.8 Å². The Bertz CT molecular complexity index is 499. The molecule has 2 atom stereocenters. The minimum Gasteiger partial charge on any atom is -0.357 e. The Kier molecular flexibility index (Phi) is 12.5. The average molecular weight is 522 g/mol. The second kappa shape index (κ2) is 13.7. The first kappa shape index (κ1) is 26.5. The maximum absolute atomic E-state index is 12.4. The van der Waals surface area contributed by atoms with Crippen molar-refractivity contribution >= 4 is 35.8 Å². The first-order valence-corrected chi connectivity index (χ1v) is 11.5. The molecular formula is C22H44IN5O. The van der Waals surface area contributed by atoms with Crippen LogP contribution in [0, 0.1) is 5.92 Å². The van der Waals surface area contributed by atoms with Crippen molar-refractivity contribution in [2.24, 2.45) is 10.9 Å². The number of aliphatic imine (C=N–C) groups is 1. The summed E-state index contributed by atoms with van der Waals surface area (Å²) in [6.45, 7) is 13.9. The molecule has 0 aromatic rings. The molecule has 7 heteroatoms. The van der Waals surface area contributed by atoms with Gasteiger partial charge in [-0.2, -0.15) is 0 Å². The maximum atomic E-state index is 12.4. The minimum atomic E-state index is 0. The van der Waals surface area contributed by atoms with E-state index in [1.807, 2.05) is 0 Å². The zero-order chi connectivity index (χ0) is 20.5. The standard InChI is InChI=1S/C22H43N5O.HI/c1-6-23-22(24-13-8-14-27(16(2)3)17(4)5)26-20-10-7-9-18(15-20)21(28)25-19-11-12-19;/h16-20H,6-15H2,1-5H3,(H,25,28)(H2,23,24,26);1H. The first-order chi connectivity index (χ1) is 13.4. The number of guanidine groups is 1. The molecule has 2 aliphatic rings. The Hall–Kier alpha value is -0.570. The van der Waals surface area contributed by atoms with Gasteiger partial charge in [-0.3, -0.25) is 14.7 Å². The molecule has 2 rings (SSSR count). The predicted molar refractivity (Wildman–Crippen MR) is 133 cm³/mol. The summed E-state index contributed by atoms with van der Waals surface area (Å²) < 4.78 is 0. The largest absolute Gasteiger partial charge is 0.357 e. The maximum Gasteiger partial charge on any atom is 0.223 e. The fourth-order valence-corrected chi connectivity index (χ4v) is 4.18. The summed E-state index contributed by atoms with van der Waals surface area (Å²) in [7, 11) is 0. The molecule has 0 aromatic heterocycles. The van der Waals surface area contributed by atoms with Crippen molar-refractivity contribution < 1.29 is 4.79 Å². The van der Waals surface area contributed by atoms with Gasteiger partial charge in [-0.1, -0.05) is 6.42 Å². The van der Waals surface area contributed by atoms with Crippen LogP contribution in [-0.2, 0) is 4.79 Å². The summed E-state index contributed by atoms with van der Waals surface area (Å²) in [4.78, 5) is 19.7. The van der Waals surface area contributed by atoms with Crippen molar-refractivity contribution in [3.05, 3.63) is 0 Å². The molecule has 29 heavy (non-hydrogen) atoms. The molecule has 3 N–H and O–H groups in total. The van der Waals surface area contributed by atoms with Crippen LogP contribution in [0.3, 0.4) is 0 Å². The molecule has 0 bridgehead atoms. The number of hydrogen-bond acceptors (Lipinski definition) is 3. The molecule has 1 amide bonds. The van der Waals surface area contributed by atoms with E-state index in [0.717, 1.165) is 70.5 Å². The Morgan fingerprint density at radius 3 is 2.31 bits per heavy atom. The Labute approximate surface area is 195 Å². The zero-order valence-corrected chi connectivity index (χ0v) is 21.5. The molecule has 0 heterocycles. The van der Waals surface area contributed by atoms with Crippen molar-refractivity contribution in [2.45, 2.75) is 104 Å². The van der Waals surface area contributed by atoms with E-state index in [0.29, 0.717) is 24.2 Å². The SMILES string of the molecule is CCNC(=NCCCN(C(C)C)C(C)C)NC1CCCC(C(=O)NC2CC2)C1.I. The topological polar surface area (TPSA) is 68.8 Å². The third-order valence-electron chi connectivity index (χ3n) is 5.82. The van der Waals surface area contributed by atoms with Crippen LogP contribution in [0.1, 0.15) is 79.6 Å². The van der Waals surface area contributed by atoms with E-state index in [1.54, 1.807) is 0 Å². The van der Waals surface area contributed by atoms with Crippen LogP contribution < -0.4 is 16.0 Å². The monoisotopic (exact) mass is 521 g/mol. The average Bonchev–Trinajstić information content (AvgIpc) is 3.45. The highest BCUT2D eigenvalue weighted by molar-refractivity contribution is 14.0. The molecular weight excluding hydrogens is 477 g/mol. The quantitative estimate of drug-likeness (QED) is 0.178. The van der Waals surface area contributed by atoms with Crippen LogP contribution in [0.4, 0.5) is 0 Å². The number of carbonyl (C=O) groups is 1. The number of nitrogens with zero attached hydrogens (tertiary/aromatic N) is 2. The van der Waals surface area contributed by atoms with Gasteiger partial charge in [0.05, 0.1) is 0 Å². The van der Waals surface area contributed by atoms with Crippen molar-refractivity contribution in [2.75, 3.05) is 19.6 Å². The summed E-state index contributed by atoms with van der Waals surface area (Å²) in [6, 6.07) is 1.92. The molecule has 2 saturated carbocycles. The van der Waals surface area contributed by atoms with Gasteiger partial charge in [0.2, 0.25) is 5.91 Å². The van der Waals surface area contributed by atoms with Crippen LogP contribution in [0.2, 0.25) is 0 Å². The molecule has 2 aliphatic carbocycles. The van der Waals surface area contributed by atoms with Crippen molar-refractivity contribution in [1.29, 1.82) is 0 Å². The number of nitrogens with one attached hydrogen (secondary N) is 3. The smallest absolute Gasteiger partial charge is 0.223 e. The number of carbonyl (C=O) groups excluding carboxylic acids is 1. The van der Waals surface area contributed by atoms with Crippen LogP contribution in [0.15, 0.2) is 4.99 Å². The van der Waals surface area contributed by atoms with E-state index in [2.05, 4.69) is 55.5 Å². The molecule has 0 saturated heterocycles. The predicted octanol–water partition coefficient (Wildman–Crippen LogP) is 3.51. The van der Waals surface area contributed by atoms with Gasteiger partial charge < -0.3 is 16.0 Å². The summed E-state index contributed by atoms with van der Waals surface area (Å²) in [6.07, 6.45) is 7.53. The fraction of sp³-hybridized carbons (Fsp3) is 0.909. The second-order valence-corrected chi connectivity index (χ2v) is 9.03. The van der Waals surface area contributed by atoms with E-state index in [9.17, 15) is 4.79 Å². The summed E-state index contributed by atoms with van der Waals surface area (Å²) >= 11 is 0. The number of hydrogen-bond donors (Lipinski definition) is 3. The second-order valence-electron chi connectivity index (χ2n) is 9.03. The van der Waals surface area contributed by atoms with E-state index in [4.69, 9.17) is 4.99 Å².